The van der Waals surface area contributed by atoms with Gasteiger partial charge in [-0.1, -0.05) is 36.4 Å². The Kier molecular flexibility index (Phi) is 5.43. The number of allylic oxidation sites excluding steroid dienone is 1. The summed E-state index contributed by atoms with van der Waals surface area (Å²) < 4.78 is 11.2. The third-order valence-corrected chi connectivity index (χ3v) is 3.29. The molecule has 0 radical (unpaired) electrons. The normalized spacial score (nSPS) is 17.3. The summed E-state index contributed by atoms with van der Waals surface area (Å²) in [5.74, 6) is 0. The first-order valence-electron chi connectivity index (χ1n) is 6.85. The lowest BCUT2D eigenvalue weighted by Gasteiger charge is -2.24. The largest absolute Gasteiger partial charge is 0.356 e. The highest BCUT2D eigenvalue weighted by atomic mass is 16.7. The lowest BCUT2D eigenvalue weighted by Crippen LogP contribution is -2.12. The zero-order valence-electron chi connectivity index (χ0n) is 11.1. The van der Waals surface area contributed by atoms with Crippen LogP contribution in [0, 0.1) is 0 Å². The maximum Gasteiger partial charge on any atom is 0.147 e. The third-order valence-electron chi connectivity index (χ3n) is 3.29. The molecule has 0 amide bonds. The van der Waals surface area contributed by atoms with E-state index in [1.165, 1.54) is 30.4 Å². The molecule has 0 saturated heterocycles. The maximum absolute atomic E-state index is 5.92. The van der Waals surface area contributed by atoms with Gasteiger partial charge in [0.1, 0.15) is 12.9 Å². The van der Waals surface area contributed by atoms with Crippen LogP contribution in [0.2, 0.25) is 0 Å². The van der Waals surface area contributed by atoms with Crippen molar-refractivity contribution in [2.45, 2.75) is 38.7 Å². The SMILES string of the molecule is CCOCOC(C1=CCCCC1)c1ccccc1. The van der Waals surface area contributed by atoms with Gasteiger partial charge in [0.05, 0.1) is 0 Å². The smallest absolute Gasteiger partial charge is 0.147 e. The molecule has 1 atom stereocenters. The second-order valence-electron chi connectivity index (χ2n) is 4.59. The predicted molar refractivity (Wildman–Crippen MR) is 73.3 cm³/mol. The minimum atomic E-state index is 0.0676. The Morgan fingerprint density at radius 3 is 2.67 bits per heavy atom. The standard InChI is InChI=1S/C16H22O2/c1-2-17-13-18-16(14-9-5-3-6-10-14)15-11-7-4-8-12-15/h3,5-6,9-11,16H,2,4,7-8,12-13H2,1H3. The first kappa shape index (κ1) is 13.3. The fraction of sp³-hybridized carbons (Fsp3) is 0.500. The minimum absolute atomic E-state index is 0.0676. The molecule has 0 bridgehead atoms. The number of hydrogen-bond donors (Lipinski definition) is 0. The van der Waals surface area contributed by atoms with Gasteiger partial charge < -0.3 is 9.47 Å². The van der Waals surface area contributed by atoms with Crippen LogP contribution in [0.1, 0.15) is 44.3 Å². The molecule has 0 aromatic heterocycles. The van der Waals surface area contributed by atoms with Gasteiger partial charge in [-0.05, 0) is 43.7 Å². The number of benzene rings is 1. The monoisotopic (exact) mass is 246 g/mol. The van der Waals surface area contributed by atoms with Gasteiger partial charge in [-0.25, -0.2) is 0 Å². The highest BCUT2D eigenvalue weighted by Gasteiger charge is 2.18. The highest BCUT2D eigenvalue weighted by molar-refractivity contribution is 5.27. The number of ether oxygens (including phenoxy) is 2. The van der Waals surface area contributed by atoms with Crippen molar-refractivity contribution in [2.24, 2.45) is 0 Å². The molecule has 1 aromatic rings. The summed E-state index contributed by atoms with van der Waals surface area (Å²) in [7, 11) is 0. The second-order valence-corrected chi connectivity index (χ2v) is 4.59. The van der Waals surface area contributed by atoms with Crippen LogP contribution in [0.25, 0.3) is 0 Å². The van der Waals surface area contributed by atoms with E-state index in [2.05, 4.69) is 30.3 Å². The van der Waals surface area contributed by atoms with Crippen LogP contribution in [-0.2, 0) is 9.47 Å². The van der Waals surface area contributed by atoms with E-state index in [-0.39, 0.29) is 6.10 Å². The summed E-state index contributed by atoms with van der Waals surface area (Å²) in [6.07, 6.45) is 7.30. The van der Waals surface area contributed by atoms with Crippen LogP contribution >= 0.6 is 0 Å². The summed E-state index contributed by atoms with van der Waals surface area (Å²) >= 11 is 0. The van der Waals surface area contributed by atoms with Gasteiger partial charge in [0, 0.05) is 6.61 Å². The quantitative estimate of drug-likeness (QED) is 0.424. The van der Waals surface area contributed by atoms with Gasteiger partial charge in [-0.3, -0.25) is 0 Å². The van der Waals surface area contributed by atoms with Crippen LogP contribution in [0.4, 0.5) is 0 Å². The molecule has 1 aliphatic carbocycles. The van der Waals surface area contributed by atoms with E-state index in [1.54, 1.807) is 0 Å². The molecule has 0 N–H and O–H groups in total. The molecule has 1 aromatic carbocycles. The molecule has 2 rings (SSSR count). The number of rotatable bonds is 6. The molecule has 0 saturated carbocycles. The molecule has 98 valence electrons. The van der Waals surface area contributed by atoms with Crippen LogP contribution in [-0.4, -0.2) is 13.4 Å². The van der Waals surface area contributed by atoms with E-state index in [1.807, 2.05) is 13.0 Å². The van der Waals surface area contributed by atoms with E-state index in [0.29, 0.717) is 13.4 Å². The van der Waals surface area contributed by atoms with Crippen molar-refractivity contribution < 1.29 is 9.47 Å². The molecule has 1 unspecified atom stereocenters. The van der Waals surface area contributed by atoms with Crippen molar-refractivity contribution in [3.8, 4) is 0 Å². The van der Waals surface area contributed by atoms with E-state index in [9.17, 15) is 0 Å². The fourth-order valence-electron chi connectivity index (χ4n) is 2.35. The average molecular weight is 246 g/mol. The maximum atomic E-state index is 5.92. The van der Waals surface area contributed by atoms with Gasteiger partial charge in [0.15, 0.2) is 0 Å². The topological polar surface area (TPSA) is 18.5 Å². The predicted octanol–water partition coefficient (Wildman–Crippen LogP) is 4.24. The van der Waals surface area contributed by atoms with Crippen molar-refractivity contribution in [3.63, 3.8) is 0 Å². The van der Waals surface area contributed by atoms with Gasteiger partial charge in [0.2, 0.25) is 0 Å². The summed E-state index contributed by atoms with van der Waals surface area (Å²) in [6.45, 7) is 3.05. The van der Waals surface area contributed by atoms with Crippen LogP contribution in [0.5, 0.6) is 0 Å². The highest BCUT2D eigenvalue weighted by Crippen LogP contribution is 2.32. The van der Waals surface area contributed by atoms with Gasteiger partial charge in [-0.2, -0.15) is 0 Å². The lowest BCUT2D eigenvalue weighted by atomic mass is 9.92. The van der Waals surface area contributed by atoms with Crippen molar-refractivity contribution in [1.82, 2.24) is 0 Å². The second kappa shape index (κ2) is 7.34. The summed E-state index contributed by atoms with van der Waals surface area (Å²) in [5, 5.41) is 0. The van der Waals surface area contributed by atoms with Gasteiger partial charge in [0.25, 0.3) is 0 Å². The van der Waals surface area contributed by atoms with Gasteiger partial charge in [-0.15, -0.1) is 0 Å². The first-order chi connectivity index (χ1) is 8.92. The molecule has 0 spiro atoms. The average Bonchev–Trinajstić information content (AvgIpc) is 2.46. The lowest BCUT2D eigenvalue weighted by molar-refractivity contribution is -0.0773. The van der Waals surface area contributed by atoms with Crippen molar-refractivity contribution in [1.29, 1.82) is 0 Å². The van der Waals surface area contributed by atoms with Crippen molar-refractivity contribution in [2.75, 3.05) is 13.4 Å². The molecule has 0 aliphatic heterocycles. The van der Waals surface area contributed by atoms with E-state index in [0.717, 1.165) is 6.42 Å². The van der Waals surface area contributed by atoms with Crippen molar-refractivity contribution >= 4 is 0 Å². The van der Waals surface area contributed by atoms with E-state index < -0.39 is 0 Å². The van der Waals surface area contributed by atoms with Crippen LogP contribution in [0.15, 0.2) is 42.0 Å². The Morgan fingerprint density at radius 1 is 1.17 bits per heavy atom. The molecule has 2 nitrogen and oxygen atoms in total. The minimum Gasteiger partial charge on any atom is -0.356 e. The Hall–Kier alpha value is -1.12. The Labute approximate surface area is 110 Å². The number of hydrogen-bond acceptors (Lipinski definition) is 2. The molecule has 0 heterocycles. The zero-order chi connectivity index (χ0) is 12.6. The molecular weight excluding hydrogens is 224 g/mol. The fourth-order valence-corrected chi connectivity index (χ4v) is 2.35. The summed E-state index contributed by atoms with van der Waals surface area (Å²) in [6, 6.07) is 10.4. The molecule has 0 fully saturated rings. The van der Waals surface area contributed by atoms with Crippen molar-refractivity contribution in [3.05, 3.63) is 47.5 Å². The molecule has 2 heteroatoms. The summed E-state index contributed by atoms with van der Waals surface area (Å²) in [4.78, 5) is 0. The molecule has 18 heavy (non-hydrogen) atoms. The Balaban J connectivity index is 2.09. The summed E-state index contributed by atoms with van der Waals surface area (Å²) in [5.41, 5.74) is 2.64. The first-order valence-corrected chi connectivity index (χ1v) is 6.85. The van der Waals surface area contributed by atoms with Gasteiger partial charge >= 0.3 is 0 Å². The van der Waals surface area contributed by atoms with E-state index in [4.69, 9.17) is 9.47 Å². The van der Waals surface area contributed by atoms with Crippen LogP contribution in [0.3, 0.4) is 0 Å². The Morgan fingerprint density at radius 2 is 2.00 bits per heavy atom. The molecule has 1 aliphatic rings. The van der Waals surface area contributed by atoms with E-state index >= 15 is 0 Å². The Bertz CT molecular complexity index is 370. The third kappa shape index (κ3) is 3.69. The zero-order valence-corrected chi connectivity index (χ0v) is 11.1. The molecular formula is C16H22O2. The van der Waals surface area contributed by atoms with Crippen LogP contribution < -0.4 is 0 Å².